The maximum atomic E-state index is 5.76. The van der Waals surface area contributed by atoms with Crippen LogP contribution in [0.3, 0.4) is 0 Å². The van der Waals surface area contributed by atoms with Gasteiger partial charge in [-0.1, -0.05) is 36.4 Å². The highest BCUT2D eigenvalue weighted by Gasteiger charge is 2.10. The molecule has 5 nitrogen and oxygen atoms in total. The van der Waals surface area contributed by atoms with Crippen LogP contribution in [-0.4, -0.2) is 19.9 Å². The molecule has 2 aromatic carbocycles. The summed E-state index contributed by atoms with van der Waals surface area (Å²) in [6, 6.07) is 14.4. The van der Waals surface area contributed by atoms with Crippen LogP contribution in [0.2, 0.25) is 0 Å². The van der Waals surface area contributed by atoms with Crippen LogP contribution < -0.4 is 5.73 Å². The number of nitrogen functional groups attached to an aromatic ring is 1. The molecule has 0 aliphatic heterocycles. The molecule has 2 aromatic heterocycles. The van der Waals surface area contributed by atoms with Crippen LogP contribution in [0.1, 0.15) is 0 Å². The van der Waals surface area contributed by atoms with Gasteiger partial charge in [0.2, 0.25) is 5.95 Å². The van der Waals surface area contributed by atoms with Gasteiger partial charge >= 0.3 is 0 Å². The third-order valence-electron chi connectivity index (χ3n) is 3.33. The van der Waals surface area contributed by atoms with E-state index in [2.05, 4.69) is 44.2 Å². The van der Waals surface area contributed by atoms with Crippen molar-refractivity contribution in [3.8, 4) is 11.3 Å². The van der Waals surface area contributed by atoms with E-state index in [1.165, 1.54) is 5.39 Å². The van der Waals surface area contributed by atoms with E-state index in [0.29, 0.717) is 5.65 Å². The molecule has 2 heterocycles. The Hall–Kier alpha value is -2.95. The minimum Gasteiger partial charge on any atom is -0.368 e. The molecule has 0 saturated carbocycles. The smallest absolute Gasteiger partial charge is 0.222 e. The summed E-state index contributed by atoms with van der Waals surface area (Å²) in [6.45, 7) is 0. The van der Waals surface area contributed by atoms with E-state index in [1.54, 1.807) is 6.33 Å². The number of fused-ring (bicyclic) bond motifs is 2. The maximum absolute atomic E-state index is 5.76. The largest absolute Gasteiger partial charge is 0.368 e. The Kier molecular flexibility index (Phi) is 2.20. The molecule has 0 bridgehead atoms. The zero-order valence-corrected chi connectivity index (χ0v) is 10.5. The SMILES string of the molecule is Nc1nc(-c2ccc3ccccc3c2)c2[nH]cnc2n1. The standard InChI is InChI=1S/C15H11N5/c16-15-19-12(13-14(20-15)18-8-17-13)11-6-5-9-3-1-2-4-10(9)7-11/h1-8H,(H3,16,17,18,19,20). The van der Waals surface area contributed by atoms with E-state index in [4.69, 9.17) is 5.73 Å². The van der Waals surface area contributed by atoms with Gasteiger partial charge in [-0.2, -0.15) is 4.98 Å². The Morgan fingerprint density at radius 1 is 0.950 bits per heavy atom. The lowest BCUT2D eigenvalue weighted by atomic mass is 10.0. The summed E-state index contributed by atoms with van der Waals surface area (Å²) in [5.41, 5.74) is 8.91. The first-order chi connectivity index (χ1) is 9.81. The maximum Gasteiger partial charge on any atom is 0.222 e. The van der Waals surface area contributed by atoms with Gasteiger partial charge in [-0.15, -0.1) is 0 Å². The number of rotatable bonds is 1. The summed E-state index contributed by atoms with van der Waals surface area (Å²) < 4.78 is 0. The van der Waals surface area contributed by atoms with Crippen molar-refractivity contribution in [1.82, 2.24) is 19.9 Å². The number of H-pyrrole nitrogens is 1. The molecular formula is C15H11N5. The van der Waals surface area contributed by atoms with Crippen molar-refractivity contribution in [2.75, 3.05) is 5.73 Å². The number of hydrogen-bond donors (Lipinski definition) is 2. The molecule has 0 aliphatic carbocycles. The van der Waals surface area contributed by atoms with Crippen molar-refractivity contribution in [2.24, 2.45) is 0 Å². The zero-order valence-electron chi connectivity index (χ0n) is 10.5. The third kappa shape index (κ3) is 1.60. The van der Waals surface area contributed by atoms with Crippen LogP contribution >= 0.6 is 0 Å². The number of aromatic amines is 1. The van der Waals surface area contributed by atoms with Crippen molar-refractivity contribution in [1.29, 1.82) is 0 Å². The molecule has 4 aromatic rings. The van der Waals surface area contributed by atoms with Crippen molar-refractivity contribution in [2.45, 2.75) is 0 Å². The monoisotopic (exact) mass is 261 g/mol. The number of nitrogens with one attached hydrogen (secondary N) is 1. The third-order valence-corrected chi connectivity index (χ3v) is 3.33. The lowest BCUT2D eigenvalue weighted by Crippen LogP contribution is -1.97. The fourth-order valence-corrected chi connectivity index (χ4v) is 2.40. The fraction of sp³-hybridized carbons (Fsp3) is 0. The summed E-state index contributed by atoms with van der Waals surface area (Å²) in [5.74, 6) is 0.229. The van der Waals surface area contributed by atoms with Crippen molar-refractivity contribution in [3.05, 3.63) is 48.8 Å². The van der Waals surface area contributed by atoms with Gasteiger partial charge in [0.05, 0.1) is 6.33 Å². The van der Waals surface area contributed by atoms with Crippen molar-refractivity contribution >= 4 is 27.9 Å². The highest BCUT2D eigenvalue weighted by atomic mass is 15.1. The Balaban J connectivity index is 2.02. The Labute approximate surface area is 114 Å². The van der Waals surface area contributed by atoms with Crippen LogP contribution in [0, 0.1) is 0 Å². The van der Waals surface area contributed by atoms with Gasteiger partial charge in [0.15, 0.2) is 5.65 Å². The van der Waals surface area contributed by atoms with E-state index in [0.717, 1.165) is 22.2 Å². The molecule has 0 unspecified atom stereocenters. The first-order valence-corrected chi connectivity index (χ1v) is 6.27. The highest BCUT2D eigenvalue weighted by Crippen LogP contribution is 2.27. The molecule has 0 atom stereocenters. The van der Waals surface area contributed by atoms with Gasteiger partial charge in [0.25, 0.3) is 0 Å². The van der Waals surface area contributed by atoms with Gasteiger partial charge in [0, 0.05) is 5.56 Å². The molecular weight excluding hydrogens is 250 g/mol. The predicted molar refractivity (Wildman–Crippen MR) is 79.0 cm³/mol. The van der Waals surface area contributed by atoms with Crippen LogP contribution in [0.4, 0.5) is 5.95 Å². The molecule has 5 heteroatoms. The number of hydrogen-bond acceptors (Lipinski definition) is 4. The Morgan fingerprint density at radius 3 is 2.70 bits per heavy atom. The number of benzene rings is 2. The number of aromatic nitrogens is 4. The second kappa shape index (κ2) is 4.03. The van der Waals surface area contributed by atoms with Gasteiger partial charge in [-0.25, -0.2) is 9.97 Å². The molecule has 0 fully saturated rings. The van der Waals surface area contributed by atoms with Crippen LogP contribution in [0.15, 0.2) is 48.8 Å². The lowest BCUT2D eigenvalue weighted by Gasteiger charge is -2.05. The van der Waals surface area contributed by atoms with E-state index in [9.17, 15) is 0 Å². The summed E-state index contributed by atoms with van der Waals surface area (Å²) in [7, 11) is 0. The van der Waals surface area contributed by atoms with Crippen LogP contribution in [0.25, 0.3) is 33.2 Å². The second-order valence-corrected chi connectivity index (χ2v) is 4.59. The number of nitrogens with zero attached hydrogens (tertiary/aromatic N) is 3. The molecule has 0 amide bonds. The van der Waals surface area contributed by atoms with Gasteiger partial charge < -0.3 is 10.7 Å². The summed E-state index contributed by atoms with van der Waals surface area (Å²) in [4.78, 5) is 15.7. The molecule has 4 rings (SSSR count). The Bertz CT molecular complexity index is 926. The first-order valence-electron chi connectivity index (χ1n) is 6.27. The van der Waals surface area contributed by atoms with Gasteiger partial charge in [0.1, 0.15) is 11.2 Å². The molecule has 20 heavy (non-hydrogen) atoms. The Morgan fingerprint density at radius 2 is 1.80 bits per heavy atom. The van der Waals surface area contributed by atoms with E-state index >= 15 is 0 Å². The van der Waals surface area contributed by atoms with Crippen molar-refractivity contribution < 1.29 is 0 Å². The summed E-state index contributed by atoms with van der Waals surface area (Å²) >= 11 is 0. The minimum atomic E-state index is 0.229. The number of anilines is 1. The van der Waals surface area contributed by atoms with E-state index < -0.39 is 0 Å². The van der Waals surface area contributed by atoms with Crippen LogP contribution in [0.5, 0.6) is 0 Å². The second-order valence-electron chi connectivity index (χ2n) is 4.59. The minimum absolute atomic E-state index is 0.229. The normalized spacial score (nSPS) is 11.2. The summed E-state index contributed by atoms with van der Waals surface area (Å²) in [6.07, 6.45) is 1.60. The van der Waals surface area contributed by atoms with Crippen molar-refractivity contribution in [3.63, 3.8) is 0 Å². The molecule has 0 aliphatic rings. The molecule has 0 spiro atoms. The molecule has 3 N–H and O–H groups in total. The zero-order chi connectivity index (χ0) is 13.5. The highest BCUT2D eigenvalue weighted by molar-refractivity contribution is 5.93. The molecule has 0 radical (unpaired) electrons. The quantitative estimate of drug-likeness (QED) is 0.552. The summed E-state index contributed by atoms with van der Waals surface area (Å²) in [5, 5.41) is 2.36. The van der Waals surface area contributed by atoms with Gasteiger partial charge in [-0.05, 0) is 16.8 Å². The molecule has 0 saturated heterocycles. The number of imidazole rings is 1. The van der Waals surface area contributed by atoms with E-state index in [-0.39, 0.29) is 5.95 Å². The first kappa shape index (κ1) is 10.9. The average Bonchev–Trinajstić information content (AvgIpc) is 2.94. The fourth-order valence-electron chi connectivity index (χ4n) is 2.40. The van der Waals surface area contributed by atoms with Crippen LogP contribution in [-0.2, 0) is 0 Å². The predicted octanol–water partition coefficient (Wildman–Crippen LogP) is 2.76. The molecule has 96 valence electrons. The van der Waals surface area contributed by atoms with E-state index in [1.807, 2.05) is 18.2 Å². The van der Waals surface area contributed by atoms with Gasteiger partial charge in [-0.3, -0.25) is 0 Å². The lowest BCUT2D eigenvalue weighted by molar-refractivity contribution is 1.22. The average molecular weight is 261 g/mol. The topological polar surface area (TPSA) is 80.5 Å². The number of nitrogens with two attached hydrogens (primary N) is 1.